The molecule has 1 aliphatic heterocycles. The minimum atomic E-state index is 0.480. The van der Waals surface area contributed by atoms with Crippen molar-refractivity contribution in [2.75, 3.05) is 19.7 Å². The predicted molar refractivity (Wildman–Crippen MR) is 53.7 cm³/mol. The van der Waals surface area contributed by atoms with Gasteiger partial charge in [-0.1, -0.05) is 6.42 Å². The van der Waals surface area contributed by atoms with E-state index in [4.69, 9.17) is 4.74 Å². The van der Waals surface area contributed by atoms with Crippen molar-refractivity contribution in [3.05, 3.63) is 0 Å². The fourth-order valence-electron chi connectivity index (χ4n) is 2.21. The van der Waals surface area contributed by atoms with E-state index in [2.05, 4.69) is 12.2 Å². The van der Waals surface area contributed by atoms with Gasteiger partial charge in [0.25, 0.3) is 0 Å². The van der Waals surface area contributed by atoms with Gasteiger partial charge < -0.3 is 10.1 Å². The summed E-state index contributed by atoms with van der Waals surface area (Å²) in [5.41, 5.74) is 0. The van der Waals surface area contributed by atoms with E-state index in [9.17, 15) is 0 Å². The standard InChI is InChI=1S/C11H21NO/c1-9-11(5-6-13-9)8-12-7-10-3-2-4-10/h9-12H,2-8H2,1H3. The van der Waals surface area contributed by atoms with Crippen LogP contribution in [0.25, 0.3) is 0 Å². The highest BCUT2D eigenvalue weighted by molar-refractivity contribution is 4.77. The van der Waals surface area contributed by atoms with Crippen LogP contribution in [0.2, 0.25) is 0 Å². The van der Waals surface area contributed by atoms with Crippen molar-refractivity contribution in [2.24, 2.45) is 11.8 Å². The molecule has 0 aromatic heterocycles. The quantitative estimate of drug-likeness (QED) is 0.717. The molecule has 1 aliphatic carbocycles. The van der Waals surface area contributed by atoms with Crippen LogP contribution in [0.3, 0.4) is 0 Å². The molecule has 0 bridgehead atoms. The molecule has 0 aromatic rings. The molecule has 2 aliphatic rings. The summed E-state index contributed by atoms with van der Waals surface area (Å²) in [6, 6.07) is 0. The smallest absolute Gasteiger partial charge is 0.0588 e. The Morgan fingerprint density at radius 3 is 2.62 bits per heavy atom. The highest BCUT2D eigenvalue weighted by atomic mass is 16.5. The Bertz CT molecular complexity index is 156. The second-order valence-corrected chi connectivity index (χ2v) is 4.58. The summed E-state index contributed by atoms with van der Waals surface area (Å²) in [4.78, 5) is 0. The molecule has 76 valence electrons. The molecule has 0 amide bonds. The van der Waals surface area contributed by atoms with Crippen molar-refractivity contribution < 1.29 is 4.74 Å². The average molecular weight is 183 g/mol. The van der Waals surface area contributed by atoms with Gasteiger partial charge >= 0.3 is 0 Å². The Kier molecular flexibility index (Phi) is 3.23. The van der Waals surface area contributed by atoms with Crippen molar-refractivity contribution in [3.8, 4) is 0 Å². The van der Waals surface area contributed by atoms with Gasteiger partial charge in [0.2, 0.25) is 0 Å². The van der Waals surface area contributed by atoms with Crippen LogP contribution >= 0.6 is 0 Å². The molecule has 2 rings (SSSR count). The third-order valence-corrected chi connectivity index (χ3v) is 3.60. The van der Waals surface area contributed by atoms with E-state index in [-0.39, 0.29) is 0 Å². The van der Waals surface area contributed by atoms with Gasteiger partial charge in [0.1, 0.15) is 0 Å². The first-order valence-corrected chi connectivity index (χ1v) is 5.68. The molecule has 13 heavy (non-hydrogen) atoms. The lowest BCUT2D eigenvalue weighted by molar-refractivity contribution is 0.105. The van der Waals surface area contributed by atoms with Crippen LogP contribution in [0.15, 0.2) is 0 Å². The fraction of sp³-hybridized carbons (Fsp3) is 1.00. The van der Waals surface area contributed by atoms with Crippen molar-refractivity contribution in [1.29, 1.82) is 0 Å². The van der Waals surface area contributed by atoms with Crippen LogP contribution in [0, 0.1) is 11.8 Å². The summed E-state index contributed by atoms with van der Waals surface area (Å²) in [5, 5.41) is 3.58. The summed E-state index contributed by atoms with van der Waals surface area (Å²) in [7, 11) is 0. The van der Waals surface area contributed by atoms with E-state index in [0.29, 0.717) is 6.10 Å². The summed E-state index contributed by atoms with van der Waals surface area (Å²) >= 11 is 0. The Hall–Kier alpha value is -0.0800. The van der Waals surface area contributed by atoms with Gasteiger partial charge in [-0.15, -0.1) is 0 Å². The zero-order valence-electron chi connectivity index (χ0n) is 8.59. The van der Waals surface area contributed by atoms with E-state index >= 15 is 0 Å². The van der Waals surface area contributed by atoms with Crippen LogP contribution in [0.4, 0.5) is 0 Å². The number of hydrogen-bond donors (Lipinski definition) is 1. The van der Waals surface area contributed by atoms with Gasteiger partial charge in [0.05, 0.1) is 6.10 Å². The predicted octanol–water partition coefficient (Wildman–Crippen LogP) is 1.80. The Labute approximate surface area is 81.0 Å². The minimum Gasteiger partial charge on any atom is -0.378 e. The Balaban J connectivity index is 1.56. The minimum absolute atomic E-state index is 0.480. The van der Waals surface area contributed by atoms with E-state index in [0.717, 1.165) is 25.0 Å². The number of ether oxygens (including phenoxy) is 1. The molecule has 1 saturated heterocycles. The molecule has 1 N–H and O–H groups in total. The molecule has 2 atom stereocenters. The zero-order chi connectivity index (χ0) is 9.10. The molecular formula is C11H21NO. The van der Waals surface area contributed by atoms with Gasteiger partial charge in [-0.2, -0.15) is 0 Å². The number of rotatable bonds is 4. The zero-order valence-corrected chi connectivity index (χ0v) is 8.59. The van der Waals surface area contributed by atoms with Crippen LogP contribution in [-0.2, 0) is 4.74 Å². The van der Waals surface area contributed by atoms with Crippen LogP contribution in [-0.4, -0.2) is 25.8 Å². The van der Waals surface area contributed by atoms with Crippen molar-refractivity contribution in [1.82, 2.24) is 5.32 Å². The lowest BCUT2D eigenvalue weighted by atomic mass is 9.85. The van der Waals surface area contributed by atoms with Gasteiger partial charge in [0, 0.05) is 13.2 Å². The monoisotopic (exact) mass is 183 g/mol. The van der Waals surface area contributed by atoms with Crippen molar-refractivity contribution in [3.63, 3.8) is 0 Å². The Morgan fingerprint density at radius 1 is 1.23 bits per heavy atom. The highest BCUT2D eigenvalue weighted by Gasteiger charge is 2.24. The highest BCUT2D eigenvalue weighted by Crippen LogP contribution is 2.25. The number of hydrogen-bond acceptors (Lipinski definition) is 2. The maximum absolute atomic E-state index is 5.52. The lowest BCUT2D eigenvalue weighted by Crippen LogP contribution is -2.33. The van der Waals surface area contributed by atoms with Crippen LogP contribution < -0.4 is 5.32 Å². The lowest BCUT2D eigenvalue weighted by Gasteiger charge is -2.26. The van der Waals surface area contributed by atoms with Crippen LogP contribution in [0.1, 0.15) is 32.6 Å². The molecule has 2 heteroatoms. The molecule has 2 unspecified atom stereocenters. The SMILES string of the molecule is CC1OCCC1CNCC1CCC1. The second-order valence-electron chi connectivity index (χ2n) is 4.58. The van der Waals surface area contributed by atoms with E-state index in [1.807, 2.05) is 0 Å². The van der Waals surface area contributed by atoms with Crippen molar-refractivity contribution >= 4 is 0 Å². The van der Waals surface area contributed by atoms with Crippen LogP contribution in [0.5, 0.6) is 0 Å². The summed E-state index contributed by atoms with van der Waals surface area (Å²) < 4.78 is 5.52. The summed E-state index contributed by atoms with van der Waals surface area (Å²) in [6.07, 6.45) is 6.08. The maximum Gasteiger partial charge on any atom is 0.0588 e. The largest absolute Gasteiger partial charge is 0.378 e. The van der Waals surface area contributed by atoms with E-state index in [1.165, 1.54) is 32.2 Å². The first-order valence-electron chi connectivity index (χ1n) is 5.68. The molecule has 1 saturated carbocycles. The molecule has 2 fully saturated rings. The Morgan fingerprint density at radius 2 is 2.08 bits per heavy atom. The fourth-order valence-corrected chi connectivity index (χ4v) is 2.21. The molecule has 2 nitrogen and oxygen atoms in total. The van der Waals surface area contributed by atoms with E-state index in [1.54, 1.807) is 0 Å². The molecule has 0 spiro atoms. The third-order valence-electron chi connectivity index (χ3n) is 3.60. The first kappa shape index (κ1) is 9.47. The van der Waals surface area contributed by atoms with Gasteiger partial charge in [-0.05, 0) is 44.6 Å². The van der Waals surface area contributed by atoms with Gasteiger partial charge in [-0.3, -0.25) is 0 Å². The third kappa shape index (κ3) is 2.44. The average Bonchev–Trinajstić information content (AvgIpc) is 2.42. The van der Waals surface area contributed by atoms with Crippen molar-refractivity contribution in [2.45, 2.75) is 38.7 Å². The summed E-state index contributed by atoms with van der Waals surface area (Å²) in [6.45, 7) is 5.57. The molecule has 1 heterocycles. The van der Waals surface area contributed by atoms with E-state index < -0.39 is 0 Å². The first-order chi connectivity index (χ1) is 6.36. The molecule has 0 aromatic carbocycles. The normalized spacial score (nSPS) is 34.8. The second kappa shape index (κ2) is 4.43. The van der Waals surface area contributed by atoms with Gasteiger partial charge in [0.15, 0.2) is 0 Å². The molecular weight excluding hydrogens is 162 g/mol. The van der Waals surface area contributed by atoms with Gasteiger partial charge in [-0.25, -0.2) is 0 Å². The number of nitrogens with one attached hydrogen (secondary N) is 1. The maximum atomic E-state index is 5.52. The summed E-state index contributed by atoms with van der Waals surface area (Å²) in [5.74, 6) is 1.75. The molecule has 0 radical (unpaired) electrons. The topological polar surface area (TPSA) is 21.3 Å².